The van der Waals surface area contributed by atoms with E-state index in [9.17, 15) is 15.3 Å². The Morgan fingerprint density at radius 3 is 1.32 bits per heavy atom. The maximum absolute atomic E-state index is 11.4. The summed E-state index contributed by atoms with van der Waals surface area (Å²) in [5.74, 6) is 2.32. The van der Waals surface area contributed by atoms with E-state index in [2.05, 4.69) is 41.5 Å². The van der Waals surface area contributed by atoms with Crippen molar-refractivity contribution in [3.05, 3.63) is 0 Å². The van der Waals surface area contributed by atoms with Crippen molar-refractivity contribution >= 4 is 0 Å². The lowest BCUT2D eigenvalue weighted by molar-refractivity contribution is -0.132. The summed E-state index contributed by atoms with van der Waals surface area (Å²) in [4.78, 5) is 0. The van der Waals surface area contributed by atoms with Crippen molar-refractivity contribution < 1.29 is 43.7 Å². The first-order valence-corrected chi connectivity index (χ1v) is 19.6. The fourth-order valence-corrected chi connectivity index (χ4v) is 10.1. The molecular formula is C41H80O9. The molecule has 0 amide bonds. The van der Waals surface area contributed by atoms with Crippen LogP contribution in [-0.2, 0) is 28.4 Å². The zero-order valence-corrected chi connectivity index (χ0v) is 34.2. The van der Waals surface area contributed by atoms with Gasteiger partial charge in [-0.05, 0) is 91.8 Å². The second kappa shape index (κ2) is 22.1. The quantitative estimate of drug-likeness (QED) is 0.105. The van der Waals surface area contributed by atoms with Gasteiger partial charge in [0.25, 0.3) is 0 Å². The fourth-order valence-electron chi connectivity index (χ4n) is 10.1. The van der Waals surface area contributed by atoms with Gasteiger partial charge in [-0.1, -0.05) is 41.5 Å². The first kappa shape index (κ1) is 45.8. The Morgan fingerprint density at radius 2 is 0.960 bits per heavy atom. The summed E-state index contributed by atoms with van der Waals surface area (Å²) in [5.41, 5.74) is 0.0218. The number of aliphatic hydroxyl groups excluding tert-OH is 3. The molecule has 9 atom stereocenters. The summed E-state index contributed by atoms with van der Waals surface area (Å²) >= 11 is 0. The van der Waals surface area contributed by atoms with Gasteiger partial charge in [0.2, 0.25) is 0 Å². The van der Waals surface area contributed by atoms with E-state index >= 15 is 0 Å². The van der Waals surface area contributed by atoms with Crippen LogP contribution in [0.5, 0.6) is 0 Å². The molecule has 2 saturated carbocycles. The third kappa shape index (κ3) is 11.8. The molecule has 0 aromatic heterocycles. The molecule has 0 heterocycles. The Balaban J connectivity index is 2.40. The van der Waals surface area contributed by atoms with Crippen LogP contribution in [0.15, 0.2) is 0 Å². The lowest BCUT2D eigenvalue weighted by Crippen LogP contribution is -2.53. The Hall–Kier alpha value is -0.360. The van der Waals surface area contributed by atoms with E-state index in [-0.39, 0.29) is 40.4 Å². The molecular weight excluding hydrogens is 636 g/mol. The van der Waals surface area contributed by atoms with E-state index in [0.29, 0.717) is 75.7 Å². The van der Waals surface area contributed by atoms with Crippen molar-refractivity contribution in [3.63, 3.8) is 0 Å². The van der Waals surface area contributed by atoms with Crippen molar-refractivity contribution in [2.75, 3.05) is 82.3 Å². The van der Waals surface area contributed by atoms with E-state index in [0.717, 1.165) is 44.9 Å². The number of aliphatic hydroxyl groups is 3. The molecule has 50 heavy (non-hydrogen) atoms. The topological polar surface area (TPSA) is 116 Å². The van der Waals surface area contributed by atoms with Gasteiger partial charge in [-0.15, -0.1) is 0 Å². The van der Waals surface area contributed by atoms with Crippen LogP contribution in [0.25, 0.3) is 0 Å². The predicted molar refractivity (Wildman–Crippen MR) is 200 cm³/mol. The van der Waals surface area contributed by atoms with Crippen LogP contribution in [0.2, 0.25) is 0 Å². The largest absolute Gasteiger partial charge is 0.393 e. The number of hydrogen-bond acceptors (Lipinski definition) is 9. The summed E-state index contributed by atoms with van der Waals surface area (Å²) in [7, 11) is 10.3. The molecule has 3 N–H and O–H groups in total. The molecule has 0 saturated heterocycles. The summed E-state index contributed by atoms with van der Waals surface area (Å²) in [6, 6.07) is 0. The van der Waals surface area contributed by atoms with Gasteiger partial charge in [-0.25, -0.2) is 0 Å². The van der Waals surface area contributed by atoms with Crippen LogP contribution in [0, 0.1) is 70.0 Å². The minimum Gasteiger partial charge on any atom is -0.393 e. The lowest BCUT2D eigenvalue weighted by Gasteiger charge is -2.56. The fraction of sp³-hybridized carbons (Fsp3) is 1.00. The predicted octanol–water partition coefficient (Wildman–Crippen LogP) is 6.35. The van der Waals surface area contributed by atoms with Crippen LogP contribution in [0.4, 0.5) is 0 Å². The van der Waals surface area contributed by atoms with Crippen LogP contribution >= 0.6 is 0 Å². The number of ether oxygens (including phenoxy) is 6. The minimum atomic E-state index is -0.446. The van der Waals surface area contributed by atoms with Gasteiger partial charge in [0, 0.05) is 78.9 Å². The number of rotatable bonds is 24. The van der Waals surface area contributed by atoms with E-state index in [1.807, 2.05) is 0 Å². The average Bonchev–Trinajstić information content (AvgIpc) is 3.08. The summed E-state index contributed by atoms with van der Waals surface area (Å²) in [6.45, 7) is 17.8. The van der Waals surface area contributed by atoms with E-state index in [4.69, 9.17) is 28.4 Å². The first-order chi connectivity index (χ1) is 23.7. The monoisotopic (exact) mass is 717 g/mol. The van der Waals surface area contributed by atoms with Crippen LogP contribution in [0.3, 0.4) is 0 Å². The van der Waals surface area contributed by atoms with Crippen LogP contribution in [0.1, 0.15) is 92.9 Å². The SMILES string of the molecule is COCCC(O)C(COC)CC(C)C(C)(C)C(C)CCC(C)C(C)(C1CC(COC)C(O)C(COC)C1)C1CC(COC)C(O)C(COC)C1. The number of hydrogen-bond donors (Lipinski definition) is 3. The maximum atomic E-state index is 11.4. The molecule has 9 unspecified atom stereocenters. The van der Waals surface area contributed by atoms with Gasteiger partial charge < -0.3 is 43.7 Å². The first-order valence-electron chi connectivity index (χ1n) is 19.6. The van der Waals surface area contributed by atoms with Gasteiger partial charge in [-0.2, -0.15) is 0 Å². The Kier molecular flexibility index (Phi) is 20.3. The highest BCUT2D eigenvalue weighted by atomic mass is 16.5. The molecule has 9 nitrogen and oxygen atoms in total. The van der Waals surface area contributed by atoms with Gasteiger partial charge in [-0.3, -0.25) is 0 Å². The smallest absolute Gasteiger partial charge is 0.0640 e. The lowest BCUT2D eigenvalue weighted by atomic mass is 9.50. The Bertz CT molecular complexity index is 831. The minimum absolute atomic E-state index is 0.0409. The molecule has 2 aliphatic carbocycles. The van der Waals surface area contributed by atoms with Crippen LogP contribution in [-0.4, -0.2) is 116 Å². The van der Waals surface area contributed by atoms with Crippen molar-refractivity contribution in [1.29, 1.82) is 0 Å². The molecule has 0 radical (unpaired) electrons. The average molecular weight is 717 g/mol. The standard InChI is InChI=1S/C41H80O9/c1-27(40(4,5)29(3)17-30(22-46-8)37(42)15-16-45-7)13-14-28(2)41(6,35-18-31(23-47-9)38(43)32(19-35)24-48-10)36-20-33(25-49-11)39(44)34(21-36)26-50-12/h27-39,42-44H,13-26H2,1-12H3. The summed E-state index contributed by atoms with van der Waals surface area (Å²) in [5, 5.41) is 33.8. The highest BCUT2D eigenvalue weighted by Crippen LogP contribution is 2.57. The molecule has 2 fully saturated rings. The second-order valence-electron chi connectivity index (χ2n) is 17.4. The maximum Gasteiger partial charge on any atom is 0.0640 e. The molecule has 0 aromatic carbocycles. The van der Waals surface area contributed by atoms with Crippen LogP contribution < -0.4 is 0 Å². The third-order valence-electron chi connectivity index (χ3n) is 14.4. The van der Waals surface area contributed by atoms with Crippen molar-refractivity contribution in [2.24, 2.45) is 70.0 Å². The van der Waals surface area contributed by atoms with E-state index in [1.165, 1.54) is 0 Å². The normalized spacial score (nSPS) is 32.2. The molecule has 298 valence electrons. The zero-order valence-electron chi connectivity index (χ0n) is 34.2. The number of methoxy groups -OCH3 is 6. The molecule has 0 spiro atoms. The van der Waals surface area contributed by atoms with Crippen molar-refractivity contribution in [2.45, 2.75) is 111 Å². The Labute approximate surface area is 306 Å². The van der Waals surface area contributed by atoms with Gasteiger partial charge in [0.05, 0.1) is 51.3 Å². The molecule has 0 bridgehead atoms. The summed E-state index contributed by atoms with van der Waals surface area (Å²) in [6.07, 6.45) is 6.06. The highest BCUT2D eigenvalue weighted by molar-refractivity contribution is 5.02. The molecule has 2 rings (SSSR count). The second-order valence-corrected chi connectivity index (χ2v) is 17.4. The van der Waals surface area contributed by atoms with E-state index < -0.39 is 18.3 Å². The zero-order chi connectivity index (χ0) is 37.6. The van der Waals surface area contributed by atoms with Gasteiger partial charge >= 0.3 is 0 Å². The van der Waals surface area contributed by atoms with Gasteiger partial charge in [0.1, 0.15) is 0 Å². The highest BCUT2D eigenvalue weighted by Gasteiger charge is 2.53. The molecule has 9 heteroatoms. The summed E-state index contributed by atoms with van der Waals surface area (Å²) < 4.78 is 33.5. The Morgan fingerprint density at radius 1 is 0.560 bits per heavy atom. The molecule has 2 aliphatic rings. The van der Waals surface area contributed by atoms with Crippen molar-refractivity contribution in [3.8, 4) is 0 Å². The van der Waals surface area contributed by atoms with Gasteiger partial charge in [0.15, 0.2) is 0 Å². The van der Waals surface area contributed by atoms with Crippen molar-refractivity contribution in [1.82, 2.24) is 0 Å². The third-order valence-corrected chi connectivity index (χ3v) is 14.4. The van der Waals surface area contributed by atoms with E-state index in [1.54, 1.807) is 42.7 Å². The molecule has 0 aromatic rings. The molecule has 0 aliphatic heterocycles.